The second kappa shape index (κ2) is 7.49. The molecular weight excluding hydrogens is 368 g/mol. The molecule has 0 aromatic rings. The number of hydrogen-bond acceptors (Lipinski definition) is 4. The maximum atomic E-state index is 11.3. The highest BCUT2D eigenvalue weighted by atomic mass is 16.4. The van der Waals surface area contributed by atoms with Crippen molar-refractivity contribution >= 4 is 5.97 Å². The number of aliphatic hydroxyl groups is 3. The molecule has 4 aliphatic carbocycles. The van der Waals surface area contributed by atoms with Crippen LogP contribution in [0.5, 0.6) is 0 Å². The smallest absolute Gasteiger partial charge is 0.303 e. The summed E-state index contributed by atoms with van der Waals surface area (Å²) in [6.45, 7) is 6.89. The summed E-state index contributed by atoms with van der Waals surface area (Å²) in [7, 11) is 0. The lowest BCUT2D eigenvalue weighted by molar-refractivity contribution is -0.223. The van der Waals surface area contributed by atoms with Crippen LogP contribution in [0.1, 0.15) is 78.6 Å². The molecule has 11 atom stereocenters. The van der Waals surface area contributed by atoms with Crippen LogP contribution in [0.15, 0.2) is 0 Å². The number of rotatable bonds is 4. The summed E-state index contributed by atoms with van der Waals surface area (Å²) in [6, 6.07) is 0. The van der Waals surface area contributed by atoms with Gasteiger partial charge in [-0.05, 0) is 97.7 Å². The molecule has 0 heterocycles. The number of aliphatic hydroxyl groups excluding tert-OH is 3. The number of carboxylic acid groups (broad SMARTS) is 1. The predicted molar refractivity (Wildman–Crippen MR) is 110 cm³/mol. The zero-order chi connectivity index (χ0) is 21.1. The third kappa shape index (κ3) is 3.27. The third-order valence-corrected chi connectivity index (χ3v) is 10.3. The van der Waals surface area contributed by atoms with Crippen molar-refractivity contribution in [2.75, 3.05) is 0 Å². The van der Waals surface area contributed by atoms with Gasteiger partial charge >= 0.3 is 5.97 Å². The van der Waals surface area contributed by atoms with Gasteiger partial charge in [-0.1, -0.05) is 20.8 Å². The number of carboxylic acids is 1. The van der Waals surface area contributed by atoms with Gasteiger partial charge in [0, 0.05) is 6.42 Å². The van der Waals surface area contributed by atoms with Gasteiger partial charge in [0.2, 0.25) is 0 Å². The minimum atomic E-state index is -0.748. The Morgan fingerprint density at radius 3 is 2.28 bits per heavy atom. The molecule has 5 heteroatoms. The lowest BCUT2D eigenvalue weighted by Gasteiger charge is -2.63. The molecule has 166 valence electrons. The lowest BCUT2D eigenvalue weighted by atomic mass is 9.43. The van der Waals surface area contributed by atoms with Gasteiger partial charge in [-0.15, -0.1) is 0 Å². The van der Waals surface area contributed by atoms with Crippen LogP contribution in [0.4, 0.5) is 0 Å². The SMILES string of the molecule is C[C@H](CCC(=O)O)[C@H]1CC[C@H]2[C@@H]3[C@H](O)[C@@H](O)[C@H]4C[C@H](O)CC[C@]4(C)[C@H]3CC[C@]12C. The molecule has 0 amide bonds. The van der Waals surface area contributed by atoms with E-state index in [2.05, 4.69) is 20.8 Å². The van der Waals surface area contributed by atoms with E-state index in [-0.39, 0.29) is 35.2 Å². The zero-order valence-electron chi connectivity index (χ0n) is 18.3. The lowest BCUT2D eigenvalue weighted by Crippen LogP contribution is -2.64. The van der Waals surface area contributed by atoms with Crippen LogP contribution in [0.25, 0.3) is 0 Å². The molecular formula is C24H40O5. The van der Waals surface area contributed by atoms with Crippen molar-refractivity contribution in [1.29, 1.82) is 0 Å². The Labute approximate surface area is 174 Å². The van der Waals surface area contributed by atoms with Crippen molar-refractivity contribution in [3.8, 4) is 0 Å². The van der Waals surface area contributed by atoms with Crippen LogP contribution >= 0.6 is 0 Å². The summed E-state index contributed by atoms with van der Waals surface area (Å²) in [6.07, 6.45) is 5.87. The first-order valence-electron chi connectivity index (χ1n) is 11.9. The van der Waals surface area contributed by atoms with Gasteiger partial charge in [0.05, 0.1) is 18.3 Å². The topological polar surface area (TPSA) is 98.0 Å². The summed E-state index contributed by atoms with van der Waals surface area (Å²) >= 11 is 0. The van der Waals surface area contributed by atoms with Crippen LogP contribution in [0, 0.1) is 46.3 Å². The van der Waals surface area contributed by atoms with Gasteiger partial charge in [0.25, 0.3) is 0 Å². The highest BCUT2D eigenvalue weighted by Gasteiger charge is 2.65. The van der Waals surface area contributed by atoms with E-state index in [4.69, 9.17) is 5.11 Å². The number of carbonyl (C=O) groups is 1. The average Bonchev–Trinajstić information content (AvgIpc) is 3.02. The van der Waals surface area contributed by atoms with Crippen LogP contribution in [0.3, 0.4) is 0 Å². The summed E-state index contributed by atoms with van der Waals surface area (Å²) in [4.78, 5) is 11.1. The number of fused-ring (bicyclic) bond motifs is 5. The molecule has 4 fully saturated rings. The summed E-state index contributed by atoms with van der Waals surface area (Å²) < 4.78 is 0. The average molecular weight is 409 g/mol. The van der Waals surface area contributed by atoms with E-state index >= 15 is 0 Å². The van der Waals surface area contributed by atoms with Crippen molar-refractivity contribution in [1.82, 2.24) is 0 Å². The normalized spacial score (nSPS) is 52.9. The van der Waals surface area contributed by atoms with E-state index in [0.717, 1.165) is 44.9 Å². The van der Waals surface area contributed by atoms with Gasteiger partial charge in [0.1, 0.15) is 0 Å². The van der Waals surface area contributed by atoms with Crippen molar-refractivity contribution in [2.24, 2.45) is 46.3 Å². The Hall–Kier alpha value is -0.650. The van der Waals surface area contributed by atoms with Crippen LogP contribution in [-0.4, -0.2) is 44.7 Å². The van der Waals surface area contributed by atoms with Crippen molar-refractivity contribution in [3.63, 3.8) is 0 Å². The van der Waals surface area contributed by atoms with Gasteiger partial charge in [0.15, 0.2) is 0 Å². The predicted octanol–water partition coefficient (Wildman–Crippen LogP) is 3.45. The molecule has 0 radical (unpaired) electrons. The van der Waals surface area contributed by atoms with Crippen LogP contribution in [0.2, 0.25) is 0 Å². The van der Waals surface area contributed by atoms with Crippen molar-refractivity contribution in [2.45, 2.75) is 96.9 Å². The van der Waals surface area contributed by atoms with Gasteiger partial charge in [-0.2, -0.15) is 0 Å². The molecule has 4 rings (SSSR count). The van der Waals surface area contributed by atoms with Crippen molar-refractivity contribution in [3.05, 3.63) is 0 Å². The van der Waals surface area contributed by atoms with Crippen molar-refractivity contribution < 1.29 is 25.2 Å². The summed E-state index contributed by atoms with van der Waals surface area (Å²) in [5.74, 6) is 1.06. The fourth-order valence-electron chi connectivity index (χ4n) is 8.77. The maximum Gasteiger partial charge on any atom is 0.303 e. The molecule has 0 aromatic carbocycles. The van der Waals surface area contributed by atoms with E-state index in [1.165, 1.54) is 0 Å². The van der Waals surface area contributed by atoms with E-state index in [1.54, 1.807) is 0 Å². The maximum absolute atomic E-state index is 11.3. The molecule has 4 N–H and O–H groups in total. The molecule has 4 aliphatic rings. The Balaban J connectivity index is 1.59. The van der Waals surface area contributed by atoms with Gasteiger partial charge < -0.3 is 20.4 Å². The number of hydrogen-bond donors (Lipinski definition) is 4. The largest absolute Gasteiger partial charge is 0.481 e. The van der Waals surface area contributed by atoms with Gasteiger partial charge in [-0.3, -0.25) is 4.79 Å². The first-order valence-corrected chi connectivity index (χ1v) is 11.9. The summed E-state index contributed by atoms with van der Waals surface area (Å²) in [5, 5.41) is 41.7. The molecule has 0 unspecified atom stereocenters. The molecule has 0 saturated heterocycles. The Kier molecular flexibility index (Phi) is 5.57. The highest BCUT2D eigenvalue weighted by molar-refractivity contribution is 5.66. The van der Waals surface area contributed by atoms with E-state index in [0.29, 0.717) is 30.1 Å². The van der Waals surface area contributed by atoms with Gasteiger partial charge in [-0.25, -0.2) is 0 Å². The minimum Gasteiger partial charge on any atom is -0.481 e. The molecule has 0 aromatic heterocycles. The Morgan fingerprint density at radius 2 is 1.59 bits per heavy atom. The second-order valence-electron chi connectivity index (χ2n) is 11.5. The fraction of sp³-hybridized carbons (Fsp3) is 0.958. The Morgan fingerprint density at radius 1 is 0.931 bits per heavy atom. The quantitative estimate of drug-likeness (QED) is 0.571. The van der Waals surface area contributed by atoms with E-state index in [9.17, 15) is 20.1 Å². The first-order chi connectivity index (χ1) is 13.6. The molecule has 0 bridgehead atoms. The zero-order valence-corrected chi connectivity index (χ0v) is 18.3. The minimum absolute atomic E-state index is 0.00309. The molecule has 29 heavy (non-hydrogen) atoms. The summed E-state index contributed by atoms with van der Waals surface area (Å²) in [5.41, 5.74) is 0.119. The van der Waals surface area contributed by atoms with E-state index in [1.807, 2.05) is 0 Å². The van der Waals surface area contributed by atoms with Crippen LogP contribution < -0.4 is 0 Å². The molecule has 0 aliphatic heterocycles. The standard InChI is InChI=1S/C24H40O5/c1-13(4-7-19(26)27)15-5-6-16-20-17(9-11-23(15,16)2)24(3)10-8-14(25)12-18(24)21(28)22(20)29/h13-18,20-22,25,28-29H,4-12H2,1-3H3,(H,26,27)/t13-,14-,15-,16+,17+,18-,20+,21+,22+,23-,24-/m1/s1. The molecule has 5 nitrogen and oxygen atoms in total. The highest BCUT2D eigenvalue weighted by Crippen LogP contribution is 2.68. The molecule has 0 spiro atoms. The van der Waals surface area contributed by atoms with Crippen LogP contribution in [-0.2, 0) is 4.79 Å². The van der Waals surface area contributed by atoms with E-state index < -0.39 is 18.2 Å². The Bertz CT molecular complexity index is 637. The first kappa shape index (κ1) is 21.6. The second-order valence-corrected chi connectivity index (χ2v) is 11.5. The third-order valence-electron chi connectivity index (χ3n) is 10.3. The number of aliphatic carboxylic acids is 1. The molecule has 4 saturated carbocycles. The fourth-order valence-corrected chi connectivity index (χ4v) is 8.77. The monoisotopic (exact) mass is 408 g/mol.